The number of hydrogen-bond acceptors (Lipinski definition) is 2. The summed E-state index contributed by atoms with van der Waals surface area (Å²) >= 11 is 0. The van der Waals surface area contributed by atoms with Crippen LogP contribution in [0.15, 0.2) is 84.2 Å². The van der Waals surface area contributed by atoms with E-state index < -0.39 is 0 Å². The number of nitrogens with zero attached hydrogens (tertiary/aromatic N) is 2. The molecule has 0 saturated heterocycles. The van der Waals surface area contributed by atoms with Crippen LogP contribution in [0.1, 0.15) is 15.9 Å². The van der Waals surface area contributed by atoms with Crippen LogP contribution in [0, 0.1) is 0 Å². The summed E-state index contributed by atoms with van der Waals surface area (Å²) < 4.78 is 1.90. The first-order valence-corrected chi connectivity index (χ1v) is 6.95. The average molecular weight is 289 g/mol. The number of amides is 1. The second-order valence-corrected chi connectivity index (χ2v) is 4.72. The standard InChI is InChI=1S/C18H15N3O/c22-18(20-19-14-15-8-2-1-3-9-15)16-10-4-5-11-17(16)21-12-6-7-13-21/h1-14H,(H,20,22)/b19-14+. The normalized spacial score (nSPS) is 10.7. The van der Waals surface area contributed by atoms with Gasteiger partial charge >= 0.3 is 0 Å². The Morgan fingerprint density at radius 2 is 1.59 bits per heavy atom. The first-order chi connectivity index (χ1) is 10.8. The van der Waals surface area contributed by atoms with Crippen molar-refractivity contribution in [3.8, 4) is 5.69 Å². The van der Waals surface area contributed by atoms with E-state index in [2.05, 4.69) is 10.5 Å². The van der Waals surface area contributed by atoms with E-state index in [-0.39, 0.29) is 5.91 Å². The molecule has 3 aromatic rings. The Morgan fingerprint density at radius 1 is 0.909 bits per heavy atom. The van der Waals surface area contributed by atoms with Gasteiger partial charge in [0.2, 0.25) is 0 Å². The molecule has 3 rings (SSSR count). The van der Waals surface area contributed by atoms with Crippen LogP contribution in [0.4, 0.5) is 0 Å². The second kappa shape index (κ2) is 6.54. The summed E-state index contributed by atoms with van der Waals surface area (Å²) in [6, 6.07) is 20.9. The molecule has 0 radical (unpaired) electrons. The van der Waals surface area contributed by atoms with Crippen molar-refractivity contribution in [2.24, 2.45) is 5.10 Å². The molecule has 1 amide bonds. The number of para-hydroxylation sites is 1. The third kappa shape index (κ3) is 3.12. The van der Waals surface area contributed by atoms with E-state index in [9.17, 15) is 4.79 Å². The van der Waals surface area contributed by atoms with Gasteiger partial charge in [-0.25, -0.2) is 5.43 Å². The van der Waals surface area contributed by atoms with E-state index in [4.69, 9.17) is 0 Å². The first kappa shape index (κ1) is 13.8. The van der Waals surface area contributed by atoms with Crippen molar-refractivity contribution < 1.29 is 4.79 Å². The minimum absolute atomic E-state index is 0.239. The number of hydrazone groups is 1. The third-order valence-corrected chi connectivity index (χ3v) is 3.21. The molecule has 2 aromatic carbocycles. The molecule has 108 valence electrons. The van der Waals surface area contributed by atoms with Crippen molar-refractivity contribution >= 4 is 12.1 Å². The Bertz CT molecular complexity index is 777. The Balaban J connectivity index is 1.77. The highest BCUT2D eigenvalue weighted by molar-refractivity contribution is 5.98. The third-order valence-electron chi connectivity index (χ3n) is 3.21. The van der Waals surface area contributed by atoms with Gasteiger partial charge in [0.1, 0.15) is 0 Å². The SMILES string of the molecule is O=C(N/N=C/c1ccccc1)c1ccccc1-n1cccc1. The van der Waals surface area contributed by atoms with Crippen molar-refractivity contribution in [2.75, 3.05) is 0 Å². The monoisotopic (exact) mass is 289 g/mol. The Morgan fingerprint density at radius 3 is 2.36 bits per heavy atom. The fourth-order valence-electron chi connectivity index (χ4n) is 2.15. The topological polar surface area (TPSA) is 46.4 Å². The number of aromatic nitrogens is 1. The first-order valence-electron chi connectivity index (χ1n) is 6.95. The molecule has 0 aliphatic heterocycles. The van der Waals surface area contributed by atoms with Crippen LogP contribution in [-0.2, 0) is 0 Å². The highest BCUT2D eigenvalue weighted by atomic mass is 16.2. The van der Waals surface area contributed by atoms with Gasteiger partial charge in [-0.05, 0) is 29.8 Å². The van der Waals surface area contributed by atoms with Gasteiger partial charge in [-0.3, -0.25) is 4.79 Å². The van der Waals surface area contributed by atoms with E-state index in [1.165, 1.54) is 0 Å². The van der Waals surface area contributed by atoms with E-state index in [0.29, 0.717) is 5.56 Å². The molecule has 0 unspecified atom stereocenters. The molecule has 4 nitrogen and oxygen atoms in total. The molecule has 0 bridgehead atoms. The Labute approximate surface area is 128 Å². The number of carbonyl (C=O) groups excluding carboxylic acids is 1. The lowest BCUT2D eigenvalue weighted by Gasteiger charge is -2.08. The second-order valence-electron chi connectivity index (χ2n) is 4.72. The number of carbonyl (C=O) groups is 1. The zero-order valence-corrected chi connectivity index (χ0v) is 11.9. The fraction of sp³-hybridized carbons (Fsp3) is 0. The Hall–Kier alpha value is -3.14. The average Bonchev–Trinajstić information content (AvgIpc) is 3.10. The zero-order valence-electron chi connectivity index (χ0n) is 11.9. The number of hydrogen-bond donors (Lipinski definition) is 1. The molecule has 0 spiro atoms. The lowest BCUT2D eigenvalue weighted by Crippen LogP contribution is -2.19. The van der Waals surface area contributed by atoms with E-state index in [0.717, 1.165) is 11.3 Å². The lowest BCUT2D eigenvalue weighted by molar-refractivity contribution is 0.0955. The van der Waals surface area contributed by atoms with Crippen LogP contribution in [0.2, 0.25) is 0 Å². The number of rotatable bonds is 4. The predicted molar refractivity (Wildman–Crippen MR) is 87.3 cm³/mol. The van der Waals surface area contributed by atoms with Gasteiger partial charge in [-0.15, -0.1) is 0 Å². The van der Waals surface area contributed by atoms with Crippen molar-refractivity contribution in [3.05, 3.63) is 90.3 Å². The maximum Gasteiger partial charge on any atom is 0.273 e. The molecular weight excluding hydrogens is 274 g/mol. The van der Waals surface area contributed by atoms with Crippen LogP contribution in [0.5, 0.6) is 0 Å². The number of benzene rings is 2. The smallest absolute Gasteiger partial charge is 0.273 e. The molecular formula is C18H15N3O. The molecule has 0 atom stereocenters. The van der Waals surface area contributed by atoms with E-state index in [1.54, 1.807) is 12.3 Å². The molecule has 4 heteroatoms. The summed E-state index contributed by atoms with van der Waals surface area (Å²) in [5.41, 5.74) is 4.89. The van der Waals surface area contributed by atoms with Gasteiger partial charge < -0.3 is 4.57 Å². The van der Waals surface area contributed by atoms with Gasteiger partial charge in [0.25, 0.3) is 5.91 Å². The summed E-state index contributed by atoms with van der Waals surface area (Å²) in [6.07, 6.45) is 5.43. The molecule has 0 saturated carbocycles. The summed E-state index contributed by atoms with van der Waals surface area (Å²) in [5.74, 6) is -0.239. The number of nitrogens with one attached hydrogen (secondary N) is 1. The molecule has 0 aliphatic rings. The van der Waals surface area contributed by atoms with Crippen molar-refractivity contribution in [3.63, 3.8) is 0 Å². The molecule has 22 heavy (non-hydrogen) atoms. The molecule has 0 fully saturated rings. The summed E-state index contributed by atoms with van der Waals surface area (Å²) in [4.78, 5) is 12.3. The minimum atomic E-state index is -0.239. The van der Waals surface area contributed by atoms with Crippen LogP contribution in [-0.4, -0.2) is 16.7 Å². The summed E-state index contributed by atoms with van der Waals surface area (Å²) in [6.45, 7) is 0. The minimum Gasteiger partial charge on any atom is -0.323 e. The predicted octanol–water partition coefficient (Wildman–Crippen LogP) is 3.24. The fourth-order valence-corrected chi connectivity index (χ4v) is 2.15. The molecule has 0 aliphatic carbocycles. The van der Waals surface area contributed by atoms with Crippen molar-refractivity contribution in [1.29, 1.82) is 0 Å². The summed E-state index contributed by atoms with van der Waals surface area (Å²) in [7, 11) is 0. The van der Waals surface area contributed by atoms with Crippen molar-refractivity contribution in [1.82, 2.24) is 9.99 Å². The van der Waals surface area contributed by atoms with Gasteiger partial charge in [-0.1, -0.05) is 42.5 Å². The highest BCUT2D eigenvalue weighted by Gasteiger charge is 2.10. The lowest BCUT2D eigenvalue weighted by atomic mass is 10.1. The van der Waals surface area contributed by atoms with E-state index >= 15 is 0 Å². The van der Waals surface area contributed by atoms with E-state index in [1.807, 2.05) is 77.6 Å². The van der Waals surface area contributed by atoms with Gasteiger partial charge in [0.05, 0.1) is 17.5 Å². The molecule has 1 heterocycles. The van der Waals surface area contributed by atoms with Gasteiger partial charge in [0, 0.05) is 12.4 Å². The largest absolute Gasteiger partial charge is 0.323 e. The quantitative estimate of drug-likeness (QED) is 0.581. The summed E-state index contributed by atoms with van der Waals surface area (Å²) in [5, 5.41) is 4.01. The zero-order chi connectivity index (χ0) is 15.2. The van der Waals surface area contributed by atoms with Gasteiger partial charge in [0.15, 0.2) is 0 Å². The molecule has 1 aromatic heterocycles. The Kier molecular flexibility index (Phi) is 4.11. The van der Waals surface area contributed by atoms with Gasteiger partial charge in [-0.2, -0.15) is 5.10 Å². The maximum absolute atomic E-state index is 12.3. The van der Waals surface area contributed by atoms with Crippen LogP contribution >= 0.6 is 0 Å². The molecule has 1 N–H and O–H groups in total. The maximum atomic E-state index is 12.3. The van der Waals surface area contributed by atoms with Crippen LogP contribution in [0.25, 0.3) is 5.69 Å². The van der Waals surface area contributed by atoms with Crippen molar-refractivity contribution in [2.45, 2.75) is 0 Å². The highest BCUT2D eigenvalue weighted by Crippen LogP contribution is 2.14. The van der Waals surface area contributed by atoms with Crippen LogP contribution < -0.4 is 5.43 Å². The van der Waals surface area contributed by atoms with Crippen LogP contribution in [0.3, 0.4) is 0 Å².